The molecule has 19 heavy (non-hydrogen) atoms. The maximum atomic E-state index is 12.4. The lowest BCUT2D eigenvalue weighted by atomic mass is 9.77. The first-order valence-electron chi connectivity index (χ1n) is 7.05. The summed E-state index contributed by atoms with van der Waals surface area (Å²) in [5.74, 6) is -0.932. The van der Waals surface area contributed by atoms with Gasteiger partial charge in [0.25, 0.3) is 0 Å². The summed E-state index contributed by atoms with van der Waals surface area (Å²) < 4.78 is 0. The zero-order chi connectivity index (χ0) is 14.6. The number of carboxylic acid groups (broad SMARTS) is 1. The number of carbonyl (C=O) groups is 2. The summed E-state index contributed by atoms with van der Waals surface area (Å²) >= 11 is 0. The van der Waals surface area contributed by atoms with Crippen LogP contribution in [0.4, 0.5) is 0 Å². The second-order valence-corrected chi connectivity index (χ2v) is 6.02. The Morgan fingerprint density at radius 3 is 2.21 bits per heavy atom. The first-order valence-corrected chi connectivity index (χ1v) is 7.05. The van der Waals surface area contributed by atoms with Crippen molar-refractivity contribution in [3.8, 4) is 0 Å². The van der Waals surface area contributed by atoms with Crippen LogP contribution < -0.4 is 5.73 Å². The van der Waals surface area contributed by atoms with Gasteiger partial charge in [0.05, 0.1) is 18.0 Å². The van der Waals surface area contributed by atoms with Crippen LogP contribution in [0.25, 0.3) is 0 Å². The van der Waals surface area contributed by atoms with Crippen LogP contribution in [0.2, 0.25) is 0 Å². The molecule has 0 spiro atoms. The van der Waals surface area contributed by atoms with Gasteiger partial charge >= 0.3 is 5.97 Å². The van der Waals surface area contributed by atoms with E-state index >= 15 is 0 Å². The van der Waals surface area contributed by atoms with E-state index in [1.807, 2.05) is 13.8 Å². The van der Waals surface area contributed by atoms with Crippen molar-refractivity contribution in [2.75, 3.05) is 7.05 Å². The van der Waals surface area contributed by atoms with Gasteiger partial charge in [-0.1, -0.05) is 33.1 Å². The minimum atomic E-state index is -0.848. The molecule has 0 aliphatic heterocycles. The Balaban J connectivity index is 2.90. The highest BCUT2D eigenvalue weighted by molar-refractivity contribution is 5.83. The summed E-state index contributed by atoms with van der Waals surface area (Å²) in [6.07, 6.45) is 4.59. The van der Waals surface area contributed by atoms with Crippen LogP contribution in [-0.2, 0) is 9.59 Å². The van der Waals surface area contributed by atoms with Gasteiger partial charge in [0.15, 0.2) is 0 Å². The van der Waals surface area contributed by atoms with Crippen LogP contribution >= 0.6 is 0 Å². The lowest BCUT2D eigenvalue weighted by Crippen LogP contribution is -2.57. The highest BCUT2D eigenvalue weighted by atomic mass is 16.4. The molecule has 1 unspecified atom stereocenters. The normalized spacial score (nSPS) is 20.1. The number of hydrogen-bond acceptors (Lipinski definition) is 3. The highest BCUT2D eigenvalue weighted by Gasteiger charge is 2.41. The molecule has 1 rings (SSSR count). The molecule has 3 N–H and O–H groups in total. The number of amides is 1. The molecule has 0 bridgehead atoms. The van der Waals surface area contributed by atoms with Crippen molar-refractivity contribution in [1.29, 1.82) is 0 Å². The lowest BCUT2D eigenvalue weighted by Gasteiger charge is -2.45. The third kappa shape index (κ3) is 3.69. The molecule has 1 amide bonds. The van der Waals surface area contributed by atoms with E-state index in [1.165, 1.54) is 0 Å². The highest BCUT2D eigenvalue weighted by Crippen LogP contribution is 2.36. The van der Waals surface area contributed by atoms with Crippen molar-refractivity contribution in [2.45, 2.75) is 64.0 Å². The van der Waals surface area contributed by atoms with Crippen molar-refractivity contribution >= 4 is 11.9 Å². The van der Waals surface area contributed by atoms with E-state index in [1.54, 1.807) is 11.9 Å². The van der Waals surface area contributed by atoms with Crippen molar-refractivity contribution in [2.24, 2.45) is 11.7 Å². The van der Waals surface area contributed by atoms with E-state index in [-0.39, 0.29) is 18.2 Å². The molecule has 0 aromatic carbocycles. The molecule has 110 valence electrons. The maximum Gasteiger partial charge on any atom is 0.305 e. The number of nitrogens with two attached hydrogens (primary N) is 1. The van der Waals surface area contributed by atoms with E-state index in [2.05, 4.69) is 0 Å². The smallest absolute Gasteiger partial charge is 0.305 e. The molecule has 0 aromatic heterocycles. The third-order valence-corrected chi connectivity index (χ3v) is 4.31. The minimum Gasteiger partial charge on any atom is -0.481 e. The van der Waals surface area contributed by atoms with Crippen molar-refractivity contribution in [1.82, 2.24) is 4.90 Å². The summed E-state index contributed by atoms with van der Waals surface area (Å²) in [6.45, 7) is 3.81. The van der Waals surface area contributed by atoms with Gasteiger partial charge in [0.2, 0.25) is 5.91 Å². The Kier molecular flexibility index (Phi) is 5.35. The van der Waals surface area contributed by atoms with Gasteiger partial charge < -0.3 is 15.7 Å². The summed E-state index contributed by atoms with van der Waals surface area (Å²) in [5.41, 5.74) is 5.37. The van der Waals surface area contributed by atoms with Gasteiger partial charge in [0.1, 0.15) is 0 Å². The number of rotatable bonds is 5. The number of carbonyl (C=O) groups excluding carboxylic acids is 1. The van der Waals surface area contributed by atoms with Crippen molar-refractivity contribution < 1.29 is 14.7 Å². The first-order chi connectivity index (χ1) is 8.80. The largest absolute Gasteiger partial charge is 0.481 e. The zero-order valence-corrected chi connectivity index (χ0v) is 12.2. The molecule has 0 aromatic rings. The predicted octanol–water partition coefficient (Wildman–Crippen LogP) is 1.61. The summed E-state index contributed by atoms with van der Waals surface area (Å²) in [5, 5.41) is 9.14. The predicted molar refractivity (Wildman–Crippen MR) is 73.7 cm³/mol. The van der Waals surface area contributed by atoms with Crippen LogP contribution in [0, 0.1) is 5.92 Å². The molecular weight excluding hydrogens is 244 g/mol. The van der Waals surface area contributed by atoms with Gasteiger partial charge in [-0.05, 0) is 18.8 Å². The molecule has 5 nitrogen and oxygen atoms in total. The standard InChI is InChI=1S/C14H26N2O3/c1-10(2)12(15)13(19)16(3)14(9-11(17)18)7-5-4-6-8-14/h10,12H,4-9,15H2,1-3H3,(H,17,18). The third-order valence-electron chi connectivity index (χ3n) is 4.31. The van der Waals surface area contributed by atoms with E-state index in [4.69, 9.17) is 10.8 Å². The van der Waals surface area contributed by atoms with Crippen LogP contribution in [0.3, 0.4) is 0 Å². The summed E-state index contributed by atoms with van der Waals surface area (Å²) in [4.78, 5) is 25.1. The molecule has 1 aliphatic carbocycles. The molecule has 0 heterocycles. The Morgan fingerprint density at radius 2 is 1.79 bits per heavy atom. The Hall–Kier alpha value is -1.10. The van der Waals surface area contributed by atoms with Gasteiger partial charge in [-0.3, -0.25) is 9.59 Å². The number of likely N-dealkylation sites (N-methyl/N-ethyl adjacent to an activating group) is 1. The Bertz CT molecular complexity index is 336. The molecule has 1 atom stereocenters. The number of nitrogens with zero attached hydrogens (tertiary/aromatic N) is 1. The second-order valence-electron chi connectivity index (χ2n) is 6.02. The van der Waals surface area contributed by atoms with Crippen LogP contribution in [0.5, 0.6) is 0 Å². The molecular formula is C14H26N2O3. The molecule has 1 fully saturated rings. The lowest BCUT2D eigenvalue weighted by molar-refractivity contribution is -0.147. The fourth-order valence-electron chi connectivity index (χ4n) is 2.86. The van der Waals surface area contributed by atoms with E-state index in [9.17, 15) is 9.59 Å². The quantitative estimate of drug-likeness (QED) is 0.795. The fraction of sp³-hybridized carbons (Fsp3) is 0.857. The van der Waals surface area contributed by atoms with Gasteiger partial charge in [-0.15, -0.1) is 0 Å². The Morgan fingerprint density at radius 1 is 1.26 bits per heavy atom. The van der Waals surface area contributed by atoms with Gasteiger partial charge in [0, 0.05) is 7.05 Å². The maximum absolute atomic E-state index is 12.4. The van der Waals surface area contributed by atoms with Crippen LogP contribution in [0.15, 0.2) is 0 Å². The van der Waals surface area contributed by atoms with Gasteiger partial charge in [-0.2, -0.15) is 0 Å². The molecule has 1 aliphatic rings. The summed E-state index contributed by atoms with van der Waals surface area (Å²) in [6, 6.07) is -0.558. The topological polar surface area (TPSA) is 83.6 Å². The molecule has 0 radical (unpaired) electrons. The second kappa shape index (κ2) is 6.37. The monoisotopic (exact) mass is 270 g/mol. The number of hydrogen-bond donors (Lipinski definition) is 2. The fourth-order valence-corrected chi connectivity index (χ4v) is 2.86. The summed E-state index contributed by atoms with van der Waals surface area (Å²) in [7, 11) is 1.71. The van der Waals surface area contributed by atoms with Crippen molar-refractivity contribution in [3.63, 3.8) is 0 Å². The van der Waals surface area contributed by atoms with Crippen LogP contribution in [-0.4, -0.2) is 40.5 Å². The number of aliphatic carboxylic acids is 1. The van der Waals surface area contributed by atoms with Crippen LogP contribution in [0.1, 0.15) is 52.4 Å². The Labute approximate surface area is 115 Å². The average Bonchev–Trinajstić information content (AvgIpc) is 2.36. The molecule has 5 heteroatoms. The first kappa shape index (κ1) is 16.0. The van der Waals surface area contributed by atoms with E-state index in [0.29, 0.717) is 0 Å². The molecule has 1 saturated carbocycles. The van der Waals surface area contributed by atoms with E-state index in [0.717, 1.165) is 32.1 Å². The minimum absolute atomic E-state index is 0.0139. The average molecular weight is 270 g/mol. The zero-order valence-electron chi connectivity index (χ0n) is 12.2. The number of carboxylic acids is 1. The van der Waals surface area contributed by atoms with Crippen molar-refractivity contribution in [3.05, 3.63) is 0 Å². The van der Waals surface area contributed by atoms with E-state index < -0.39 is 17.6 Å². The van der Waals surface area contributed by atoms with Gasteiger partial charge in [-0.25, -0.2) is 0 Å². The SMILES string of the molecule is CC(C)C(N)C(=O)N(C)C1(CC(=O)O)CCCCC1. The molecule has 0 saturated heterocycles.